The molecule has 1 aliphatic rings. The fourth-order valence-corrected chi connectivity index (χ4v) is 4.27. The molecule has 6 nitrogen and oxygen atoms in total. The van der Waals surface area contributed by atoms with E-state index in [1.54, 1.807) is 30.3 Å². The van der Waals surface area contributed by atoms with E-state index in [-0.39, 0.29) is 11.3 Å². The van der Waals surface area contributed by atoms with Crippen molar-refractivity contribution in [2.24, 2.45) is 0 Å². The highest BCUT2D eigenvalue weighted by atomic mass is 79.9. The predicted molar refractivity (Wildman–Crippen MR) is 123 cm³/mol. The lowest BCUT2D eigenvalue weighted by molar-refractivity contribution is -0.132. The van der Waals surface area contributed by atoms with Crippen LogP contribution < -0.4 is 9.64 Å². The number of aliphatic hydroxyl groups is 1. The van der Waals surface area contributed by atoms with E-state index in [0.717, 1.165) is 0 Å². The number of nitriles is 1. The van der Waals surface area contributed by atoms with Crippen molar-refractivity contribution in [1.82, 2.24) is 0 Å². The molecular formula is C25H16BrFN2O4. The quantitative estimate of drug-likeness (QED) is 0.302. The van der Waals surface area contributed by atoms with Gasteiger partial charge in [0.05, 0.1) is 34.8 Å². The lowest BCUT2D eigenvalue weighted by Gasteiger charge is -2.25. The summed E-state index contributed by atoms with van der Waals surface area (Å²) in [6.07, 6.45) is 0. The molecule has 4 rings (SSSR count). The van der Waals surface area contributed by atoms with Crippen LogP contribution in [0.2, 0.25) is 0 Å². The Morgan fingerprint density at radius 1 is 1.09 bits per heavy atom. The molecule has 164 valence electrons. The van der Waals surface area contributed by atoms with Gasteiger partial charge < -0.3 is 9.84 Å². The van der Waals surface area contributed by atoms with Crippen LogP contribution in [-0.2, 0) is 9.59 Å². The topological polar surface area (TPSA) is 90.6 Å². The number of hydrogen-bond donors (Lipinski definition) is 1. The van der Waals surface area contributed by atoms with Gasteiger partial charge in [0, 0.05) is 11.3 Å². The predicted octanol–water partition coefficient (Wildman–Crippen LogP) is 5.09. The number of methoxy groups -OCH3 is 1. The second-order valence-corrected chi connectivity index (χ2v) is 8.08. The number of aliphatic hydroxyl groups excluding tert-OH is 1. The highest BCUT2D eigenvalue weighted by molar-refractivity contribution is 9.10. The molecule has 3 aromatic rings. The van der Waals surface area contributed by atoms with Gasteiger partial charge in [-0.15, -0.1) is 0 Å². The molecule has 0 saturated carbocycles. The van der Waals surface area contributed by atoms with E-state index >= 15 is 0 Å². The highest BCUT2D eigenvalue weighted by Gasteiger charge is 2.47. The van der Waals surface area contributed by atoms with Gasteiger partial charge in [-0.25, -0.2) is 4.39 Å². The van der Waals surface area contributed by atoms with Crippen LogP contribution in [0.25, 0.3) is 5.76 Å². The first-order chi connectivity index (χ1) is 15.8. The Balaban J connectivity index is 1.92. The minimum Gasteiger partial charge on any atom is -0.507 e. The summed E-state index contributed by atoms with van der Waals surface area (Å²) in [5.74, 6) is -2.05. The van der Waals surface area contributed by atoms with Crippen molar-refractivity contribution < 1.29 is 23.8 Å². The summed E-state index contributed by atoms with van der Waals surface area (Å²) in [6.45, 7) is 0. The maximum absolute atomic E-state index is 13.6. The molecule has 8 heteroatoms. The fourth-order valence-electron chi connectivity index (χ4n) is 3.73. The number of anilines is 1. The molecule has 1 amide bonds. The second kappa shape index (κ2) is 8.88. The van der Waals surface area contributed by atoms with Crippen LogP contribution in [0, 0.1) is 17.1 Å². The number of rotatable bonds is 4. The number of Topliss-reactive ketones (excluding diaryl/α,β-unsaturated/α-hetero) is 1. The van der Waals surface area contributed by atoms with Crippen LogP contribution in [0.5, 0.6) is 5.75 Å². The number of benzene rings is 3. The van der Waals surface area contributed by atoms with Gasteiger partial charge in [0.15, 0.2) is 0 Å². The summed E-state index contributed by atoms with van der Waals surface area (Å²) in [7, 11) is 1.50. The van der Waals surface area contributed by atoms with Crippen LogP contribution >= 0.6 is 15.9 Å². The molecule has 1 unspecified atom stereocenters. The molecular weight excluding hydrogens is 491 g/mol. The van der Waals surface area contributed by atoms with Gasteiger partial charge in [0.2, 0.25) is 0 Å². The molecule has 1 N–H and O–H groups in total. The zero-order valence-corrected chi connectivity index (χ0v) is 18.8. The number of hydrogen-bond acceptors (Lipinski definition) is 5. The molecule has 1 fully saturated rings. The third-order valence-electron chi connectivity index (χ3n) is 5.33. The van der Waals surface area contributed by atoms with Crippen LogP contribution in [0.3, 0.4) is 0 Å². The zero-order chi connectivity index (χ0) is 23.7. The standard InChI is InChI=1S/C25H16BrFN2O4/c1-33-20-11-6-16(12-19(20)26)23(30)21-22(15-4-7-17(27)8-5-15)29(25(32)24(21)31)18-9-2-14(13-28)3-10-18/h2-12,22,30H,1H3/b23-21-. The number of nitrogens with zero attached hydrogens (tertiary/aromatic N) is 2. The molecule has 0 aromatic heterocycles. The summed E-state index contributed by atoms with van der Waals surface area (Å²) in [6, 6.07) is 17.3. The van der Waals surface area contributed by atoms with E-state index in [4.69, 9.17) is 10.00 Å². The van der Waals surface area contributed by atoms with Crippen LogP contribution in [-0.4, -0.2) is 23.9 Å². The molecule has 1 heterocycles. The molecule has 0 aliphatic carbocycles. The summed E-state index contributed by atoms with van der Waals surface area (Å²) in [5, 5.41) is 20.2. The number of ether oxygens (including phenoxy) is 1. The number of carbonyl (C=O) groups is 2. The van der Waals surface area contributed by atoms with Crippen molar-refractivity contribution in [3.05, 3.63) is 99.3 Å². The minimum absolute atomic E-state index is 0.131. The maximum Gasteiger partial charge on any atom is 0.300 e. The van der Waals surface area contributed by atoms with Crippen molar-refractivity contribution in [2.45, 2.75) is 6.04 Å². The average molecular weight is 507 g/mol. The lowest BCUT2D eigenvalue weighted by atomic mass is 9.95. The smallest absolute Gasteiger partial charge is 0.300 e. The highest BCUT2D eigenvalue weighted by Crippen LogP contribution is 2.42. The van der Waals surface area contributed by atoms with E-state index < -0.39 is 23.5 Å². The lowest BCUT2D eigenvalue weighted by Crippen LogP contribution is -2.29. The van der Waals surface area contributed by atoms with Gasteiger partial charge in [0.25, 0.3) is 11.7 Å². The second-order valence-electron chi connectivity index (χ2n) is 7.23. The number of ketones is 1. The van der Waals surface area contributed by atoms with Gasteiger partial charge in [-0.2, -0.15) is 5.26 Å². The Kier molecular flexibility index (Phi) is 5.99. The molecule has 0 radical (unpaired) electrons. The van der Waals surface area contributed by atoms with Crippen molar-refractivity contribution in [3.63, 3.8) is 0 Å². The van der Waals surface area contributed by atoms with E-state index in [0.29, 0.717) is 32.6 Å². The Bertz CT molecular complexity index is 1330. The Morgan fingerprint density at radius 2 is 1.76 bits per heavy atom. The van der Waals surface area contributed by atoms with Crippen molar-refractivity contribution in [2.75, 3.05) is 12.0 Å². The monoisotopic (exact) mass is 506 g/mol. The van der Waals surface area contributed by atoms with E-state index in [2.05, 4.69) is 15.9 Å². The first-order valence-corrected chi connectivity index (χ1v) is 10.6. The van der Waals surface area contributed by atoms with Crippen LogP contribution in [0.15, 0.2) is 76.8 Å². The third kappa shape index (κ3) is 3.99. The molecule has 0 bridgehead atoms. The fraction of sp³-hybridized carbons (Fsp3) is 0.0800. The largest absolute Gasteiger partial charge is 0.507 e. The molecule has 1 atom stereocenters. The Hall–Kier alpha value is -3.96. The van der Waals surface area contributed by atoms with Gasteiger partial charge >= 0.3 is 0 Å². The molecule has 33 heavy (non-hydrogen) atoms. The summed E-state index contributed by atoms with van der Waals surface area (Å²) in [4.78, 5) is 27.4. The van der Waals surface area contributed by atoms with E-state index in [1.807, 2.05) is 6.07 Å². The van der Waals surface area contributed by atoms with Crippen molar-refractivity contribution >= 4 is 39.1 Å². The van der Waals surface area contributed by atoms with E-state index in [1.165, 1.54) is 48.4 Å². The van der Waals surface area contributed by atoms with Gasteiger partial charge in [-0.05, 0) is 76.1 Å². The summed E-state index contributed by atoms with van der Waals surface area (Å²) < 4.78 is 19.4. The first-order valence-electron chi connectivity index (χ1n) is 9.76. The van der Waals surface area contributed by atoms with Gasteiger partial charge in [-0.1, -0.05) is 12.1 Å². The summed E-state index contributed by atoms with van der Waals surface area (Å²) in [5.41, 5.74) is 1.35. The number of amides is 1. The minimum atomic E-state index is -1.00. The van der Waals surface area contributed by atoms with Crippen molar-refractivity contribution in [1.29, 1.82) is 5.26 Å². The zero-order valence-electron chi connectivity index (χ0n) is 17.3. The Labute approximate surface area is 197 Å². The summed E-state index contributed by atoms with van der Waals surface area (Å²) >= 11 is 3.35. The van der Waals surface area contributed by atoms with Crippen LogP contribution in [0.4, 0.5) is 10.1 Å². The van der Waals surface area contributed by atoms with Crippen molar-refractivity contribution in [3.8, 4) is 11.8 Å². The maximum atomic E-state index is 13.6. The molecule has 1 saturated heterocycles. The van der Waals surface area contributed by atoms with Crippen LogP contribution in [0.1, 0.15) is 22.7 Å². The molecule has 0 spiro atoms. The van der Waals surface area contributed by atoms with E-state index in [9.17, 15) is 19.1 Å². The number of halogens is 2. The molecule has 1 aliphatic heterocycles. The first kappa shape index (κ1) is 22.2. The van der Waals surface area contributed by atoms with Gasteiger partial charge in [-0.3, -0.25) is 14.5 Å². The van der Waals surface area contributed by atoms with Gasteiger partial charge in [0.1, 0.15) is 17.3 Å². The third-order valence-corrected chi connectivity index (χ3v) is 5.95. The number of carbonyl (C=O) groups excluding carboxylic acids is 2. The molecule has 3 aromatic carbocycles. The average Bonchev–Trinajstić information content (AvgIpc) is 3.09. The normalized spacial score (nSPS) is 17.2. The SMILES string of the molecule is COc1ccc(/C(O)=C2/C(=O)C(=O)N(c3ccc(C#N)cc3)C2c2ccc(F)cc2)cc1Br. The Morgan fingerprint density at radius 3 is 2.33 bits per heavy atom.